The van der Waals surface area contributed by atoms with Gasteiger partial charge in [0.15, 0.2) is 5.13 Å². The van der Waals surface area contributed by atoms with Crippen LogP contribution in [0.15, 0.2) is 6.20 Å². The Morgan fingerprint density at radius 2 is 2.41 bits per heavy atom. The van der Waals surface area contributed by atoms with Crippen molar-refractivity contribution >= 4 is 16.5 Å². The first-order chi connectivity index (χ1) is 8.33. The van der Waals surface area contributed by atoms with Crippen LogP contribution in [0.2, 0.25) is 0 Å². The summed E-state index contributed by atoms with van der Waals surface area (Å²) in [5.41, 5.74) is 0. The summed E-state index contributed by atoms with van der Waals surface area (Å²) in [4.78, 5) is 8.35. The molecule has 0 saturated carbocycles. The molecule has 3 nitrogen and oxygen atoms in total. The summed E-state index contributed by atoms with van der Waals surface area (Å²) in [6.07, 6.45) is 5.85. The average Bonchev–Trinajstić information content (AvgIpc) is 2.97. The Morgan fingerprint density at radius 3 is 3.12 bits per heavy atom. The molecule has 1 aliphatic rings. The zero-order chi connectivity index (χ0) is 12.1. The predicted molar refractivity (Wildman–Crippen MR) is 74.7 cm³/mol. The molecule has 4 heteroatoms. The number of aromatic nitrogens is 1. The van der Waals surface area contributed by atoms with Gasteiger partial charge < -0.3 is 10.2 Å². The molecule has 96 valence electrons. The van der Waals surface area contributed by atoms with Crippen molar-refractivity contribution in [2.45, 2.75) is 39.7 Å². The maximum atomic E-state index is 4.55. The lowest BCUT2D eigenvalue weighted by Crippen LogP contribution is -2.19. The Labute approximate surface area is 108 Å². The van der Waals surface area contributed by atoms with Crippen molar-refractivity contribution in [3.8, 4) is 0 Å². The van der Waals surface area contributed by atoms with Crippen LogP contribution in [0.3, 0.4) is 0 Å². The van der Waals surface area contributed by atoms with E-state index in [1.807, 2.05) is 17.5 Å². The van der Waals surface area contributed by atoms with Crippen LogP contribution in [0.1, 0.15) is 38.0 Å². The highest BCUT2D eigenvalue weighted by Crippen LogP contribution is 2.29. The number of nitrogens with one attached hydrogen (secondary N) is 1. The van der Waals surface area contributed by atoms with Gasteiger partial charge in [-0.1, -0.05) is 20.3 Å². The van der Waals surface area contributed by atoms with Gasteiger partial charge in [-0.3, -0.25) is 0 Å². The van der Waals surface area contributed by atoms with E-state index < -0.39 is 0 Å². The Kier molecular flexibility index (Phi) is 4.80. The van der Waals surface area contributed by atoms with Crippen LogP contribution in [0.25, 0.3) is 0 Å². The third-order valence-electron chi connectivity index (χ3n) is 3.40. The van der Waals surface area contributed by atoms with E-state index in [1.165, 1.54) is 42.4 Å². The molecule has 1 N–H and O–H groups in total. The standard InChI is InChI=1S/C13H23N3S/c1-3-6-14-8-12-9-15-13(17-12)16-7-5-11(4-2)10-16/h9,11,14H,3-8,10H2,1-2H3. The molecule has 0 radical (unpaired) electrons. The van der Waals surface area contributed by atoms with Crippen LogP contribution >= 0.6 is 11.3 Å². The lowest BCUT2D eigenvalue weighted by Gasteiger charge is -2.13. The molecule has 1 unspecified atom stereocenters. The number of hydrogen-bond donors (Lipinski definition) is 1. The fourth-order valence-corrected chi connectivity index (χ4v) is 3.17. The lowest BCUT2D eigenvalue weighted by atomic mass is 10.1. The minimum absolute atomic E-state index is 0.876. The van der Waals surface area contributed by atoms with Crippen molar-refractivity contribution in [2.24, 2.45) is 5.92 Å². The zero-order valence-electron chi connectivity index (χ0n) is 10.9. The Morgan fingerprint density at radius 1 is 1.53 bits per heavy atom. The third kappa shape index (κ3) is 3.42. The van der Waals surface area contributed by atoms with Crippen molar-refractivity contribution < 1.29 is 0 Å². The molecule has 2 heterocycles. The summed E-state index contributed by atoms with van der Waals surface area (Å²) >= 11 is 1.85. The minimum Gasteiger partial charge on any atom is -0.348 e. The average molecular weight is 253 g/mol. The van der Waals surface area contributed by atoms with Crippen LogP contribution < -0.4 is 10.2 Å². The van der Waals surface area contributed by atoms with Gasteiger partial charge in [-0.25, -0.2) is 4.98 Å². The first kappa shape index (κ1) is 12.8. The summed E-state index contributed by atoms with van der Waals surface area (Å²) in [6, 6.07) is 0. The maximum Gasteiger partial charge on any atom is 0.185 e. The van der Waals surface area contributed by atoms with Crippen LogP contribution in [-0.4, -0.2) is 24.6 Å². The largest absolute Gasteiger partial charge is 0.348 e. The third-order valence-corrected chi connectivity index (χ3v) is 4.46. The van der Waals surface area contributed by atoms with Gasteiger partial charge in [0.25, 0.3) is 0 Å². The fourth-order valence-electron chi connectivity index (χ4n) is 2.25. The van der Waals surface area contributed by atoms with E-state index >= 15 is 0 Å². The monoisotopic (exact) mass is 253 g/mol. The molecule has 0 spiro atoms. The van der Waals surface area contributed by atoms with E-state index in [1.54, 1.807) is 0 Å². The molecular weight excluding hydrogens is 230 g/mol. The second-order valence-electron chi connectivity index (χ2n) is 4.79. The molecule has 0 amide bonds. The van der Waals surface area contributed by atoms with Crippen LogP contribution in [0.4, 0.5) is 5.13 Å². The molecule has 2 rings (SSSR count). The van der Waals surface area contributed by atoms with Gasteiger partial charge in [0.2, 0.25) is 0 Å². The highest BCUT2D eigenvalue weighted by molar-refractivity contribution is 7.15. The molecule has 0 bridgehead atoms. The molecule has 0 aromatic carbocycles. The van der Waals surface area contributed by atoms with Crippen LogP contribution in [-0.2, 0) is 6.54 Å². The van der Waals surface area contributed by atoms with Gasteiger partial charge in [-0.05, 0) is 25.3 Å². The molecule has 1 atom stereocenters. The smallest absolute Gasteiger partial charge is 0.185 e. The maximum absolute atomic E-state index is 4.55. The summed E-state index contributed by atoms with van der Waals surface area (Å²) in [5.74, 6) is 0.876. The summed E-state index contributed by atoms with van der Waals surface area (Å²) in [5, 5.41) is 4.64. The van der Waals surface area contributed by atoms with Crippen LogP contribution in [0, 0.1) is 5.92 Å². The Balaban J connectivity index is 1.85. The van der Waals surface area contributed by atoms with Gasteiger partial charge in [0.1, 0.15) is 0 Å². The molecule has 1 aromatic heterocycles. The SMILES string of the molecule is CCCNCc1cnc(N2CCC(CC)C2)s1. The van der Waals surface area contributed by atoms with Gasteiger partial charge >= 0.3 is 0 Å². The number of hydrogen-bond acceptors (Lipinski definition) is 4. The summed E-state index contributed by atoms with van der Waals surface area (Å²) in [6.45, 7) is 8.93. The zero-order valence-corrected chi connectivity index (χ0v) is 11.7. The van der Waals surface area contributed by atoms with E-state index in [9.17, 15) is 0 Å². The quantitative estimate of drug-likeness (QED) is 0.790. The van der Waals surface area contributed by atoms with Crippen molar-refractivity contribution in [1.82, 2.24) is 10.3 Å². The summed E-state index contributed by atoms with van der Waals surface area (Å²) < 4.78 is 0. The first-order valence-corrected chi connectivity index (χ1v) is 7.55. The fraction of sp³-hybridized carbons (Fsp3) is 0.769. The molecule has 1 fully saturated rings. The van der Waals surface area contributed by atoms with Crippen molar-refractivity contribution in [3.05, 3.63) is 11.1 Å². The second-order valence-corrected chi connectivity index (χ2v) is 5.89. The molecule has 1 aliphatic heterocycles. The normalized spacial score (nSPS) is 20.1. The van der Waals surface area contributed by atoms with E-state index in [2.05, 4.69) is 29.0 Å². The van der Waals surface area contributed by atoms with E-state index in [0.717, 1.165) is 19.0 Å². The van der Waals surface area contributed by atoms with Crippen molar-refractivity contribution in [1.29, 1.82) is 0 Å². The van der Waals surface area contributed by atoms with Crippen molar-refractivity contribution in [3.63, 3.8) is 0 Å². The van der Waals surface area contributed by atoms with E-state index in [4.69, 9.17) is 0 Å². The van der Waals surface area contributed by atoms with Crippen LogP contribution in [0.5, 0.6) is 0 Å². The Hall–Kier alpha value is -0.610. The number of thiazole rings is 1. The molecule has 17 heavy (non-hydrogen) atoms. The summed E-state index contributed by atoms with van der Waals surface area (Å²) in [7, 11) is 0. The van der Waals surface area contributed by atoms with E-state index in [0.29, 0.717) is 0 Å². The first-order valence-electron chi connectivity index (χ1n) is 6.73. The molecule has 1 saturated heterocycles. The van der Waals surface area contributed by atoms with Gasteiger partial charge in [0, 0.05) is 30.7 Å². The molecular formula is C13H23N3S. The highest BCUT2D eigenvalue weighted by atomic mass is 32.1. The highest BCUT2D eigenvalue weighted by Gasteiger charge is 2.22. The molecule has 1 aromatic rings. The van der Waals surface area contributed by atoms with Gasteiger partial charge in [0.05, 0.1) is 0 Å². The number of nitrogens with zero attached hydrogens (tertiary/aromatic N) is 2. The van der Waals surface area contributed by atoms with Gasteiger partial charge in [-0.2, -0.15) is 0 Å². The second kappa shape index (κ2) is 6.36. The topological polar surface area (TPSA) is 28.2 Å². The Bertz CT molecular complexity index is 337. The minimum atomic E-state index is 0.876. The number of anilines is 1. The van der Waals surface area contributed by atoms with E-state index in [-0.39, 0.29) is 0 Å². The van der Waals surface area contributed by atoms with Gasteiger partial charge in [-0.15, -0.1) is 11.3 Å². The molecule has 0 aliphatic carbocycles. The van der Waals surface area contributed by atoms with Crippen molar-refractivity contribution in [2.75, 3.05) is 24.5 Å². The lowest BCUT2D eigenvalue weighted by molar-refractivity contribution is 0.569. The predicted octanol–water partition coefficient (Wildman–Crippen LogP) is 2.88. The number of rotatable bonds is 6.